The van der Waals surface area contributed by atoms with E-state index in [0.29, 0.717) is 12.8 Å². The first-order valence-corrected chi connectivity index (χ1v) is 9.44. The lowest BCUT2D eigenvalue weighted by atomic mass is 9.93. The van der Waals surface area contributed by atoms with Crippen molar-refractivity contribution in [3.8, 4) is 0 Å². The van der Waals surface area contributed by atoms with E-state index in [1.807, 2.05) is 67.6 Å². The summed E-state index contributed by atoms with van der Waals surface area (Å²) in [7, 11) is 0. The summed E-state index contributed by atoms with van der Waals surface area (Å²) in [5.41, 5.74) is 3.55. The first kappa shape index (κ1) is 19.6. The Morgan fingerprint density at radius 2 is 1.68 bits per heavy atom. The normalized spacial score (nSPS) is 20.0. The summed E-state index contributed by atoms with van der Waals surface area (Å²) < 4.78 is 0. The largest absolute Gasteiger partial charge is 0.344 e. The molecule has 0 saturated carbocycles. The van der Waals surface area contributed by atoms with Gasteiger partial charge in [0.25, 0.3) is 5.91 Å². The zero-order valence-electron chi connectivity index (χ0n) is 16.1. The van der Waals surface area contributed by atoms with E-state index in [4.69, 9.17) is 0 Å². The second-order valence-electron chi connectivity index (χ2n) is 7.44. The molecule has 146 valence electrons. The second-order valence-corrected chi connectivity index (χ2v) is 7.44. The number of urea groups is 1. The van der Waals surface area contributed by atoms with Gasteiger partial charge in [-0.15, -0.1) is 0 Å². The summed E-state index contributed by atoms with van der Waals surface area (Å²) in [4.78, 5) is 37.4. The highest BCUT2D eigenvalue weighted by molar-refractivity contribution is 6.07. The number of hydrogen-bond acceptors (Lipinski definition) is 3. The Morgan fingerprint density at radius 1 is 1.07 bits per heavy atom. The zero-order chi connectivity index (χ0) is 20.1. The van der Waals surface area contributed by atoms with Crippen LogP contribution in [0.15, 0.2) is 60.7 Å². The molecule has 28 heavy (non-hydrogen) atoms. The van der Waals surface area contributed by atoms with Gasteiger partial charge < -0.3 is 5.32 Å². The molecule has 6 heteroatoms. The molecule has 0 aliphatic carbocycles. The molecule has 6 nitrogen and oxygen atoms in total. The van der Waals surface area contributed by atoms with Crippen LogP contribution >= 0.6 is 0 Å². The molecule has 3 rings (SSSR count). The first-order valence-electron chi connectivity index (χ1n) is 9.44. The van der Waals surface area contributed by atoms with Crippen molar-refractivity contribution in [3.63, 3.8) is 0 Å². The van der Waals surface area contributed by atoms with Gasteiger partial charge in [-0.25, -0.2) is 4.79 Å². The molecule has 1 heterocycles. The lowest BCUT2D eigenvalue weighted by molar-refractivity contribution is -0.139. The number of imide groups is 1. The third-order valence-corrected chi connectivity index (χ3v) is 5.11. The monoisotopic (exact) mass is 379 g/mol. The number of benzene rings is 2. The molecule has 2 unspecified atom stereocenters. The van der Waals surface area contributed by atoms with Gasteiger partial charge in [-0.1, -0.05) is 67.6 Å². The summed E-state index contributed by atoms with van der Waals surface area (Å²) in [5, 5.41) is 3.52. The quantitative estimate of drug-likeness (QED) is 0.726. The van der Waals surface area contributed by atoms with Gasteiger partial charge in [0.05, 0.1) is 0 Å². The van der Waals surface area contributed by atoms with E-state index < -0.39 is 17.5 Å². The van der Waals surface area contributed by atoms with Crippen LogP contribution in [0, 0.1) is 0 Å². The molecule has 2 N–H and O–H groups in total. The van der Waals surface area contributed by atoms with Gasteiger partial charge in [0.1, 0.15) is 5.54 Å². The predicted molar refractivity (Wildman–Crippen MR) is 106 cm³/mol. The van der Waals surface area contributed by atoms with Crippen LogP contribution in [0.4, 0.5) is 4.79 Å². The molecular formula is C22H25N3O3. The van der Waals surface area contributed by atoms with Gasteiger partial charge in [-0.2, -0.15) is 5.01 Å². The van der Waals surface area contributed by atoms with Crippen molar-refractivity contribution in [2.45, 2.75) is 44.6 Å². The number of carbonyl (C=O) groups excluding carboxylic acids is 3. The molecule has 2 aromatic rings. The van der Waals surface area contributed by atoms with Crippen LogP contribution < -0.4 is 10.7 Å². The maximum Gasteiger partial charge on any atom is 0.344 e. The van der Waals surface area contributed by atoms with Crippen LogP contribution in [0.25, 0.3) is 0 Å². The fraction of sp³-hybridized carbons (Fsp3) is 0.318. The van der Waals surface area contributed by atoms with Crippen LogP contribution in [-0.4, -0.2) is 28.4 Å². The predicted octanol–water partition coefficient (Wildman–Crippen LogP) is 3.15. The molecule has 0 spiro atoms. The second kappa shape index (κ2) is 8.25. The minimum Gasteiger partial charge on any atom is -0.322 e. The number of aryl methyl sites for hydroxylation is 1. The van der Waals surface area contributed by atoms with Gasteiger partial charge >= 0.3 is 6.03 Å². The van der Waals surface area contributed by atoms with Crippen molar-refractivity contribution in [2.24, 2.45) is 0 Å². The average Bonchev–Trinajstić information content (AvgIpc) is 2.91. The van der Waals surface area contributed by atoms with Crippen molar-refractivity contribution >= 4 is 17.8 Å². The fourth-order valence-corrected chi connectivity index (χ4v) is 3.34. The molecule has 0 aromatic heterocycles. The van der Waals surface area contributed by atoms with E-state index in [9.17, 15) is 14.4 Å². The Morgan fingerprint density at radius 3 is 2.32 bits per heavy atom. The molecule has 1 aliphatic heterocycles. The molecule has 1 aliphatic rings. The van der Waals surface area contributed by atoms with Crippen molar-refractivity contribution in [2.75, 3.05) is 0 Å². The van der Waals surface area contributed by atoms with Crippen molar-refractivity contribution in [3.05, 3.63) is 71.8 Å². The lowest BCUT2D eigenvalue weighted by Crippen LogP contribution is -2.49. The van der Waals surface area contributed by atoms with Crippen molar-refractivity contribution < 1.29 is 14.4 Å². The van der Waals surface area contributed by atoms with E-state index in [2.05, 4.69) is 10.7 Å². The molecule has 0 radical (unpaired) electrons. The highest BCUT2D eigenvalue weighted by Gasteiger charge is 2.48. The Labute approximate surface area is 164 Å². The molecule has 2 aromatic carbocycles. The summed E-state index contributed by atoms with van der Waals surface area (Å²) >= 11 is 0. The van der Waals surface area contributed by atoms with Crippen molar-refractivity contribution in [1.29, 1.82) is 0 Å². The number of hydrazine groups is 1. The van der Waals surface area contributed by atoms with Gasteiger partial charge in [-0.05, 0) is 36.8 Å². The Bertz CT molecular complexity index is 854. The number of amides is 4. The minimum absolute atomic E-state index is 0.0218. The first-order chi connectivity index (χ1) is 13.4. The van der Waals surface area contributed by atoms with E-state index in [0.717, 1.165) is 16.1 Å². The fourth-order valence-electron chi connectivity index (χ4n) is 3.34. The Balaban J connectivity index is 1.59. The maximum atomic E-state index is 12.8. The highest BCUT2D eigenvalue weighted by Crippen LogP contribution is 2.23. The van der Waals surface area contributed by atoms with Crippen LogP contribution in [0.3, 0.4) is 0 Å². The molecule has 1 fully saturated rings. The molecule has 2 atom stereocenters. The number of carbonyl (C=O) groups is 3. The van der Waals surface area contributed by atoms with Gasteiger partial charge in [0.2, 0.25) is 5.91 Å². The average molecular weight is 379 g/mol. The maximum absolute atomic E-state index is 12.8. The smallest absolute Gasteiger partial charge is 0.322 e. The number of rotatable bonds is 7. The standard InChI is InChI=1S/C22H25N3O3/c1-16(18-11-7-4-8-12-18)15-19(26)24-25-20(27)22(2,23-21(25)28)14-13-17-9-5-3-6-10-17/h3-12,16H,13-15H2,1-2H3,(H,23,28)(H,24,26). The summed E-state index contributed by atoms with van der Waals surface area (Å²) in [6.07, 6.45) is 1.28. The summed E-state index contributed by atoms with van der Waals surface area (Å²) in [6, 6.07) is 18.8. The topological polar surface area (TPSA) is 78.5 Å². The van der Waals surface area contributed by atoms with Crippen LogP contribution in [0.5, 0.6) is 0 Å². The number of nitrogens with zero attached hydrogens (tertiary/aromatic N) is 1. The molecular weight excluding hydrogens is 354 g/mol. The van der Waals surface area contributed by atoms with Crippen LogP contribution in [0.1, 0.15) is 43.7 Å². The highest BCUT2D eigenvalue weighted by atomic mass is 16.2. The van der Waals surface area contributed by atoms with Gasteiger partial charge in [0.15, 0.2) is 0 Å². The van der Waals surface area contributed by atoms with E-state index in [1.165, 1.54) is 0 Å². The zero-order valence-corrected chi connectivity index (χ0v) is 16.1. The van der Waals surface area contributed by atoms with Gasteiger partial charge in [0, 0.05) is 6.42 Å². The number of nitrogens with one attached hydrogen (secondary N) is 2. The van der Waals surface area contributed by atoms with E-state index in [1.54, 1.807) is 6.92 Å². The third kappa shape index (κ3) is 4.39. The lowest BCUT2D eigenvalue weighted by Gasteiger charge is -2.22. The Hall–Kier alpha value is -3.15. The summed E-state index contributed by atoms with van der Waals surface area (Å²) in [6.45, 7) is 3.62. The molecule has 4 amide bonds. The van der Waals surface area contributed by atoms with Gasteiger partial charge in [-0.3, -0.25) is 15.0 Å². The van der Waals surface area contributed by atoms with E-state index in [-0.39, 0.29) is 18.2 Å². The minimum atomic E-state index is -1.04. The van der Waals surface area contributed by atoms with Crippen molar-refractivity contribution in [1.82, 2.24) is 15.8 Å². The Kier molecular flexibility index (Phi) is 5.78. The summed E-state index contributed by atoms with van der Waals surface area (Å²) in [5.74, 6) is -0.826. The number of hydrogen-bond donors (Lipinski definition) is 2. The molecule has 1 saturated heterocycles. The SMILES string of the molecule is CC(CC(=O)NN1C(=O)NC(C)(CCc2ccccc2)C1=O)c1ccccc1. The van der Waals surface area contributed by atoms with E-state index >= 15 is 0 Å². The van der Waals surface area contributed by atoms with Crippen LogP contribution in [0.2, 0.25) is 0 Å². The third-order valence-electron chi connectivity index (χ3n) is 5.11. The molecule has 0 bridgehead atoms. The van der Waals surface area contributed by atoms with Crippen LogP contribution in [-0.2, 0) is 16.0 Å².